The van der Waals surface area contributed by atoms with Crippen molar-refractivity contribution in [3.05, 3.63) is 23.4 Å². The summed E-state index contributed by atoms with van der Waals surface area (Å²) in [6.07, 6.45) is -0.612. The van der Waals surface area contributed by atoms with Crippen LogP contribution in [0.4, 0.5) is 0 Å². The average Bonchev–Trinajstić information content (AvgIpc) is 2.81. The number of methoxy groups -OCH3 is 1. The lowest BCUT2D eigenvalue weighted by Crippen LogP contribution is -2.07. The lowest BCUT2D eigenvalue weighted by Gasteiger charge is -2.13. The van der Waals surface area contributed by atoms with Gasteiger partial charge in [0.1, 0.15) is 0 Å². The van der Waals surface area contributed by atoms with Crippen molar-refractivity contribution < 1.29 is 24.1 Å². The van der Waals surface area contributed by atoms with Crippen molar-refractivity contribution >= 4 is 5.97 Å². The molecule has 1 aromatic heterocycles. The van der Waals surface area contributed by atoms with Gasteiger partial charge in [-0.3, -0.25) is 4.79 Å². The molecule has 2 rings (SSSR count). The van der Waals surface area contributed by atoms with E-state index < -0.39 is 12.3 Å². The van der Waals surface area contributed by atoms with E-state index in [9.17, 15) is 4.79 Å². The zero-order valence-electron chi connectivity index (χ0n) is 9.38. The van der Waals surface area contributed by atoms with Gasteiger partial charge in [-0.2, -0.15) is 0 Å². The van der Waals surface area contributed by atoms with Crippen molar-refractivity contribution in [3.8, 4) is 5.88 Å². The minimum atomic E-state index is -0.930. The molecule has 17 heavy (non-hydrogen) atoms. The van der Waals surface area contributed by atoms with Crippen molar-refractivity contribution in [1.82, 2.24) is 4.98 Å². The van der Waals surface area contributed by atoms with E-state index in [0.29, 0.717) is 30.4 Å². The van der Waals surface area contributed by atoms with E-state index in [-0.39, 0.29) is 6.42 Å². The molecule has 0 aliphatic carbocycles. The van der Waals surface area contributed by atoms with Crippen molar-refractivity contribution in [2.45, 2.75) is 12.7 Å². The van der Waals surface area contributed by atoms with E-state index in [4.69, 9.17) is 19.3 Å². The van der Waals surface area contributed by atoms with Gasteiger partial charge in [0.15, 0.2) is 6.29 Å². The zero-order valence-corrected chi connectivity index (χ0v) is 9.38. The van der Waals surface area contributed by atoms with Gasteiger partial charge in [0.25, 0.3) is 0 Å². The van der Waals surface area contributed by atoms with E-state index >= 15 is 0 Å². The average molecular weight is 239 g/mol. The Hall–Kier alpha value is -1.66. The maximum absolute atomic E-state index is 10.6. The Morgan fingerprint density at radius 1 is 1.53 bits per heavy atom. The van der Waals surface area contributed by atoms with E-state index in [1.54, 1.807) is 12.1 Å². The number of hydrogen-bond donors (Lipinski definition) is 1. The lowest BCUT2D eigenvalue weighted by molar-refractivity contribution is -0.136. The minimum absolute atomic E-state index is 0.136. The van der Waals surface area contributed by atoms with E-state index in [0.717, 1.165) is 0 Å². The summed E-state index contributed by atoms with van der Waals surface area (Å²) in [4.78, 5) is 14.7. The van der Waals surface area contributed by atoms with Crippen molar-refractivity contribution in [1.29, 1.82) is 0 Å². The molecule has 0 atom stereocenters. The first-order valence-corrected chi connectivity index (χ1v) is 5.19. The van der Waals surface area contributed by atoms with Gasteiger partial charge in [0.05, 0.1) is 38.0 Å². The van der Waals surface area contributed by atoms with Gasteiger partial charge in [-0.1, -0.05) is 0 Å². The number of carbonyl (C=O) groups is 1. The highest BCUT2D eigenvalue weighted by Gasteiger charge is 2.23. The summed E-state index contributed by atoms with van der Waals surface area (Å²) >= 11 is 0. The fourth-order valence-corrected chi connectivity index (χ4v) is 1.62. The molecule has 1 aliphatic heterocycles. The molecule has 0 spiro atoms. The van der Waals surface area contributed by atoms with E-state index in [1.165, 1.54) is 7.11 Å². The van der Waals surface area contributed by atoms with Crippen molar-refractivity contribution in [2.24, 2.45) is 0 Å². The van der Waals surface area contributed by atoms with Gasteiger partial charge in [0, 0.05) is 0 Å². The predicted molar refractivity (Wildman–Crippen MR) is 56.8 cm³/mol. The Morgan fingerprint density at radius 3 is 2.82 bits per heavy atom. The van der Waals surface area contributed by atoms with E-state index in [1.807, 2.05) is 0 Å². The fourth-order valence-electron chi connectivity index (χ4n) is 1.62. The molecule has 1 saturated heterocycles. The molecule has 0 bridgehead atoms. The third-order valence-corrected chi connectivity index (χ3v) is 2.35. The number of nitrogens with zero attached hydrogens (tertiary/aromatic N) is 1. The Kier molecular flexibility index (Phi) is 3.55. The Morgan fingerprint density at radius 2 is 2.24 bits per heavy atom. The number of carboxylic acid groups (broad SMARTS) is 1. The van der Waals surface area contributed by atoms with Crippen LogP contribution in [0.5, 0.6) is 5.88 Å². The molecule has 92 valence electrons. The second-order valence-electron chi connectivity index (χ2n) is 3.55. The molecule has 1 N–H and O–H groups in total. The van der Waals surface area contributed by atoms with Crippen LogP contribution in [0.1, 0.15) is 17.5 Å². The molecule has 6 heteroatoms. The SMILES string of the molecule is COc1nc(CC(=O)O)ccc1C1OCCO1. The van der Waals surface area contributed by atoms with Crippen molar-refractivity contribution in [3.63, 3.8) is 0 Å². The summed E-state index contributed by atoms with van der Waals surface area (Å²) < 4.78 is 15.8. The number of ether oxygens (including phenoxy) is 3. The van der Waals surface area contributed by atoms with Crippen LogP contribution in [0, 0.1) is 0 Å². The fraction of sp³-hybridized carbons (Fsp3) is 0.455. The van der Waals surface area contributed by atoms with Crippen LogP contribution in [-0.2, 0) is 20.7 Å². The van der Waals surface area contributed by atoms with Crippen LogP contribution in [0.3, 0.4) is 0 Å². The molecule has 0 unspecified atom stereocenters. The van der Waals surface area contributed by atoms with Gasteiger partial charge >= 0.3 is 5.97 Å². The van der Waals surface area contributed by atoms with Crippen LogP contribution < -0.4 is 4.74 Å². The molecule has 0 saturated carbocycles. The van der Waals surface area contributed by atoms with Gasteiger partial charge < -0.3 is 19.3 Å². The standard InChI is InChI=1S/C11H13NO5/c1-15-10-8(11-16-4-5-17-11)3-2-7(12-10)6-9(13)14/h2-3,11H,4-6H2,1H3,(H,13,14). The largest absolute Gasteiger partial charge is 0.481 e. The highest BCUT2D eigenvalue weighted by molar-refractivity contribution is 5.69. The van der Waals surface area contributed by atoms with Gasteiger partial charge in [-0.15, -0.1) is 0 Å². The maximum Gasteiger partial charge on any atom is 0.309 e. The summed E-state index contributed by atoms with van der Waals surface area (Å²) in [6.45, 7) is 1.06. The molecule has 2 heterocycles. The molecule has 0 radical (unpaired) electrons. The smallest absolute Gasteiger partial charge is 0.309 e. The molecule has 6 nitrogen and oxygen atoms in total. The normalized spacial score (nSPS) is 16.1. The molecular weight excluding hydrogens is 226 g/mol. The molecular formula is C11H13NO5. The van der Waals surface area contributed by atoms with Crippen LogP contribution >= 0.6 is 0 Å². The van der Waals surface area contributed by atoms with Gasteiger partial charge in [-0.05, 0) is 12.1 Å². The van der Waals surface area contributed by atoms with Gasteiger partial charge in [0.2, 0.25) is 5.88 Å². The van der Waals surface area contributed by atoms with Gasteiger partial charge in [-0.25, -0.2) is 4.98 Å². The number of carboxylic acids is 1. The quantitative estimate of drug-likeness (QED) is 0.835. The van der Waals surface area contributed by atoms with Crippen LogP contribution in [0.15, 0.2) is 12.1 Å². The number of hydrogen-bond acceptors (Lipinski definition) is 5. The lowest BCUT2D eigenvalue weighted by atomic mass is 10.2. The number of pyridine rings is 1. The zero-order chi connectivity index (χ0) is 12.3. The third-order valence-electron chi connectivity index (χ3n) is 2.35. The molecule has 0 aromatic carbocycles. The summed E-state index contributed by atoms with van der Waals surface area (Å²) in [6, 6.07) is 3.36. The minimum Gasteiger partial charge on any atom is -0.481 e. The Labute approximate surface area is 98.1 Å². The highest BCUT2D eigenvalue weighted by atomic mass is 16.7. The van der Waals surface area contributed by atoms with Crippen molar-refractivity contribution in [2.75, 3.05) is 20.3 Å². The summed E-state index contributed by atoms with van der Waals surface area (Å²) in [5.74, 6) is -0.587. The van der Waals surface area contributed by atoms with Crippen LogP contribution in [-0.4, -0.2) is 36.4 Å². The van der Waals surface area contributed by atoms with E-state index in [2.05, 4.69) is 4.98 Å². The third kappa shape index (κ3) is 2.72. The summed E-state index contributed by atoms with van der Waals surface area (Å²) in [5, 5.41) is 8.68. The number of aliphatic carboxylic acids is 1. The summed E-state index contributed by atoms with van der Waals surface area (Å²) in [5.41, 5.74) is 1.12. The second kappa shape index (κ2) is 5.11. The predicted octanol–water partition coefficient (Wildman–Crippen LogP) is 0.763. The molecule has 1 aromatic rings. The topological polar surface area (TPSA) is 77.9 Å². The first-order valence-electron chi connectivity index (χ1n) is 5.19. The molecule has 0 amide bonds. The first kappa shape index (κ1) is 11.8. The summed E-state index contributed by atoms with van der Waals surface area (Å²) in [7, 11) is 1.48. The number of rotatable bonds is 4. The number of aromatic nitrogens is 1. The highest BCUT2D eigenvalue weighted by Crippen LogP contribution is 2.29. The Bertz CT molecular complexity index is 414. The Balaban J connectivity index is 2.24. The molecule has 1 aliphatic rings. The molecule has 1 fully saturated rings. The monoisotopic (exact) mass is 239 g/mol. The van der Waals surface area contributed by atoms with Crippen LogP contribution in [0.2, 0.25) is 0 Å². The first-order chi connectivity index (χ1) is 8.20. The van der Waals surface area contributed by atoms with Crippen LogP contribution in [0.25, 0.3) is 0 Å². The second-order valence-corrected chi connectivity index (χ2v) is 3.55. The maximum atomic E-state index is 10.6.